The van der Waals surface area contributed by atoms with E-state index in [1.54, 1.807) is 0 Å². The lowest BCUT2D eigenvalue weighted by Crippen LogP contribution is -2.24. The summed E-state index contributed by atoms with van der Waals surface area (Å²) in [5.41, 5.74) is 1.45. The first kappa shape index (κ1) is 19.8. The Labute approximate surface area is 157 Å². The molecule has 0 bridgehead atoms. The molecule has 0 fully saturated rings. The van der Waals surface area contributed by atoms with E-state index in [4.69, 9.17) is 21.5 Å². The van der Waals surface area contributed by atoms with Crippen LogP contribution in [0.4, 0.5) is 4.79 Å². The van der Waals surface area contributed by atoms with Gasteiger partial charge in [-0.15, -0.1) is 0 Å². The third-order valence-electron chi connectivity index (χ3n) is 3.20. The minimum absolute atomic E-state index is 0.0157. The van der Waals surface area contributed by atoms with Crippen LogP contribution < -0.4 is 10.5 Å². The van der Waals surface area contributed by atoms with Gasteiger partial charge in [0.25, 0.3) is 0 Å². The zero-order chi connectivity index (χ0) is 19.0. The van der Waals surface area contributed by atoms with Crippen molar-refractivity contribution in [1.29, 1.82) is 0 Å². The van der Waals surface area contributed by atoms with Crippen molar-refractivity contribution in [1.82, 2.24) is 5.32 Å². The molecule has 26 heavy (non-hydrogen) atoms. The van der Waals surface area contributed by atoms with E-state index in [0.29, 0.717) is 18.5 Å². The van der Waals surface area contributed by atoms with Crippen LogP contribution in [0.15, 0.2) is 53.4 Å². The average Bonchev–Trinajstić information content (AvgIpc) is 2.59. The van der Waals surface area contributed by atoms with Crippen molar-refractivity contribution in [2.75, 3.05) is 6.54 Å². The minimum Gasteiger partial charge on any atom is -0.445 e. The second-order valence-corrected chi connectivity index (χ2v) is 7.17. The van der Waals surface area contributed by atoms with Gasteiger partial charge in [0, 0.05) is 18.5 Å². The van der Waals surface area contributed by atoms with Gasteiger partial charge in [0.05, 0.1) is 5.02 Å². The summed E-state index contributed by atoms with van der Waals surface area (Å²) in [5.74, 6) is 5.69. The number of halogens is 1. The zero-order valence-corrected chi connectivity index (χ0v) is 15.3. The largest absolute Gasteiger partial charge is 0.445 e. The minimum atomic E-state index is -3.86. The number of nitrogens with two attached hydrogens (primary N) is 1. The van der Waals surface area contributed by atoms with E-state index in [1.807, 2.05) is 30.3 Å². The van der Waals surface area contributed by atoms with E-state index >= 15 is 0 Å². The molecule has 0 aromatic heterocycles. The van der Waals surface area contributed by atoms with Crippen molar-refractivity contribution in [2.45, 2.75) is 17.9 Å². The topological polar surface area (TPSA) is 98.5 Å². The van der Waals surface area contributed by atoms with E-state index in [1.165, 1.54) is 18.2 Å². The third-order valence-corrected chi connectivity index (χ3v) is 4.60. The predicted octanol–water partition coefficient (Wildman–Crippen LogP) is 2.66. The van der Waals surface area contributed by atoms with Gasteiger partial charge in [-0.05, 0) is 23.8 Å². The molecule has 6 nitrogen and oxygen atoms in total. The summed E-state index contributed by atoms with van der Waals surface area (Å²) in [5, 5.41) is 7.65. The Hall–Kier alpha value is -2.53. The van der Waals surface area contributed by atoms with Crippen LogP contribution in [-0.2, 0) is 21.4 Å². The number of amides is 1. The molecule has 3 N–H and O–H groups in total. The first-order valence-electron chi connectivity index (χ1n) is 7.62. The molecule has 0 atom stereocenters. The number of alkyl carbamates (subject to hydrolysis) is 1. The van der Waals surface area contributed by atoms with Crippen molar-refractivity contribution >= 4 is 27.7 Å². The third kappa shape index (κ3) is 6.41. The van der Waals surface area contributed by atoms with Crippen molar-refractivity contribution in [2.24, 2.45) is 5.14 Å². The molecule has 2 rings (SSSR count). The normalized spacial score (nSPS) is 10.5. The van der Waals surface area contributed by atoms with E-state index in [9.17, 15) is 13.2 Å². The lowest BCUT2D eigenvalue weighted by atomic mass is 10.2. The fourth-order valence-corrected chi connectivity index (χ4v) is 3.07. The highest BCUT2D eigenvalue weighted by molar-refractivity contribution is 7.89. The van der Waals surface area contributed by atoms with E-state index < -0.39 is 16.1 Å². The van der Waals surface area contributed by atoms with Crippen molar-refractivity contribution in [3.63, 3.8) is 0 Å². The number of carbonyl (C=O) groups is 1. The lowest BCUT2D eigenvalue weighted by Gasteiger charge is -2.05. The second-order valence-electron chi connectivity index (χ2n) is 5.23. The number of nitrogens with one attached hydrogen (secondary N) is 1. The number of hydrogen-bond donors (Lipinski definition) is 2. The maximum Gasteiger partial charge on any atom is 0.407 e. The van der Waals surface area contributed by atoms with Crippen LogP contribution in [0.3, 0.4) is 0 Å². The summed E-state index contributed by atoms with van der Waals surface area (Å²) in [7, 11) is -3.86. The van der Waals surface area contributed by atoms with Crippen molar-refractivity contribution in [3.8, 4) is 11.8 Å². The number of sulfonamides is 1. The number of hydrogen-bond acceptors (Lipinski definition) is 4. The monoisotopic (exact) mass is 392 g/mol. The molecule has 8 heteroatoms. The maximum absolute atomic E-state index is 11.6. The highest BCUT2D eigenvalue weighted by Gasteiger charge is 2.12. The average molecular weight is 393 g/mol. The fraction of sp³-hybridized carbons (Fsp3) is 0.167. The quantitative estimate of drug-likeness (QED) is 0.603. The zero-order valence-electron chi connectivity index (χ0n) is 13.7. The van der Waals surface area contributed by atoms with Gasteiger partial charge < -0.3 is 10.1 Å². The molecule has 0 aliphatic carbocycles. The highest BCUT2D eigenvalue weighted by atomic mass is 35.5. The van der Waals surface area contributed by atoms with Crippen LogP contribution in [0.1, 0.15) is 17.5 Å². The van der Waals surface area contributed by atoms with E-state index in [-0.39, 0.29) is 16.5 Å². The van der Waals surface area contributed by atoms with Crippen LogP contribution in [0, 0.1) is 11.8 Å². The molecule has 0 saturated heterocycles. The number of rotatable bonds is 5. The van der Waals surface area contributed by atoms with Gasteiger partial charge in [-0.2, -0.15) is 0 Å². The lowest BCUT2D eigenvalue weighted by molar-refractivity contribution is 0.140. The molecular weight excluding hydrogens is 376 g/mol. The van der Waals surface area contributed by atoms with Gasteiger partial charge in [-0.25, -0.2) is 18.4 Å². The molecular formula is C18H17ClN2O4S. The summed E-state index contributed by atoms with van der Waals surface area (Å²) in [6.45, 7) is 0.525. The van der Waals surface area contributed by atoms with Crippen LogP contribution in [0.25, 0.3) is 0 Å². The Morgan fingerprint density at radius 1 is 1.19 bits per heavy atom. The number of primary sulfonamides is 1. The number of carbonyl (C=O) groups excluding carboxylic acids is 1. The Morgan fingerprint density at radius 3 is 2.58 bits per heavy atom. The SMILES string of the molecule is NS(=O)(=O)c1ccc(C#CCCNC(=O)OCc2ccccc2)cc1Cl. The van der Waals surface area contributed by atoms with Crippen LogP contribution in [0.2, 0.25) is 5.02 Å². The molecule has 0 aliphatic rings. The van der Waals surface area contributed by atoms with Gasteiger partial charge in [0.15, 0.2) is 0 Å². The second kappa shape index (κ2) is 9.25. The van der Waals surface area contributed by atoms with Crippen LogP contribution >= 0.6 is 11.6 Å². The van der Waals surface area contributed by atoms with Crippen molar-refractivity contribution in [3.05, 3.63) is 64.7 Å². The number of ether oxygens (including phenoxy) is 1. The summed E-state index contributed by atoms with van der Waals surface area (Å²) < 4.78 is 27.6. The van der Waals surface area contributed by atoms with Gasteiger partial charge in [-0.3, -0.25) is 0 Å². The maximum atomic E-state index is 11.6. The van der Waals surface area contributed by atoms with E-state index in [0.717, 1.165) is 5.56 Å². The van der Waals surface area contributed by atoms with Crippen molar-refractivity contribution < 1.29 is 17.9 Å². The van der Waals surface area contributed by atoms with Crippen LogP contribution in [-0.4, -0.2) is 21.1 Å². The molecule has 2 aromatic carbocycles. The van der Waals surface area contributed by atoms with Crippen LogP contribution in [0.5, 0.6) is 0 Å². The first-order valence-corrected chi connectivity index (χ1v) is 9.54. The van der Waals surface area contributed by atoms with Gasteiger partial charge >= 0.3 is 6.09 Å². The first-order chi connectivity index (χ1) is 12.4. The smallest absolute Gasteiger partial charge is 0.407 e. The highest BCUT2D eigenvalue weighted by Crippen LogP contribution is 2.21. The molecule has 0 spiro atoms. The predicted molar refractivity (Wildman–Crippen MR) is 98.9 cm³/mol. The summed E-state index contributed by atoms with van der Waals surface area (Å²) >= 11 is 5.88. The van der Waals surface area contributed by atoms with Gasteiger partial charge in [-0.1, -0.05) is 53.8 Å². The van der Waals surface area contributed by atoms with Gasteiger partial charge in [0.1, 0.15) is 11.5 Å². The molecule has 1 amide bonds. The van der Waals surface area contributed by atoms with E-state index in [2.05, 4.69) is 17.2 Å². The fourth-order valence-electron chi connectivity index (χ4n) is 1.98. The summed E-state index contributed by atoms with van der Waals surface area (Å²) in [4.78, 5) is 11.4. The molecule has 0 heterocycles. The summed E-state index contributed by atoms with van der Waals surface area (Å²) in [6, 6.07) is 13.6. The summed E-state index contributed by atoms with van der Waals surface area (Å²) in [6.07, 6.45) is -0.120. The Kier molecular flexibility index (Phi) is 7.04. The standard InChI is InChI=1S/C18H17ClN2O4S/c19-16-12-14(9-10-17(16)26(20,23)24)6-4-5-11-21-18(22)25-13-15-7-2-1-3-8-15/h1-3,7-10,12H,5,11,13H2,(H,21,22)(H2,20,23,24). The Balaban J connectivity index is 1.76. The van der Waals surface area contributed by atoms with Gasteiger partial charge in [0.2, 0.25) is 10.0 Å². The number of benzene rings is 2. The molecule has 2 aromatic rings. The Morgan fingerprint density at radius 2 is 1.92 bits per heavy atom. The Bertz CT molecular complexity index is 935. The molecule has 0 aliphatic heterocycles. The molecule has 0 unspecified atom stereocenters. The molecule has 0 radical (unpaired) electrons. The molecule has 136 valence electrons. The molecule has 0 saturated carbocycles.